The van der Waals surface area contributed by atoms with Crippen LogP contribution in [0.2, 0.25) is 0 Å². The molecule has 0 amide bonds. The molecule has 1 aliphatic heterocycles. The van der Waals surface area contributed by atoms with Crippen molar-refractivity contribution in [1.29, 1.82) is 0 Å². The lowest BCUT2D eigenvalue weighted by molar-refractivity contribution is 0.157. The van der Waals surface area contributed by atoms with E-state index < -0.39 is 0 Å². The monoisotopic (exact) mass is 371 g/mol. The number of aryl methyl sites for hydroxylation is 1. The molecule has 1 atom stereocenters. The van der Waals surface area contributed by atoms with Crippen LogP contribution < -0.4 is 10.2 Å². The summed E-state index contributed by atoms with van der Waals surface area (Å²) in [7, 11) is 4.23. The predicted octanol–water partition coefficient (Wildman–Crippen LogP) is 2.35. The summed E-state index contributed by atoms with van der Waals surface area (Å²) in [5, 5.41) is 3.49. The highest BCUT2D eigenvalue weighted by Crippen LogP contribution is 2.20. The number of halogens is 2. The largest absolute Gasteiger partial charge is 0.373 e. The summed E-state index contributed by atoms with van der Waals surface area (Å²) >= 11 is 0. The van der Waals surface area contributed by atoms with Crippen LogP contribution in [0.3, 0.4) is 0 Å². The average Bonchev–Trinajstić information content (AvgIpc) is 2.99. The van der Waals surface area contributed by atoms with E-state index in [1.807, 2.05) is 12.4 Å². The number of anilines is 1. The first-order valence-electron chi connectivity index (χ1n) is 7.94. The van der Waals surface area contributed by atoms with Gasteiger partial charge in [-0.25, -0.2) is 4.98 Å². The number of nitrogens with one attached hydrogen (secondary N) is 1. The quantitative estimate of drug-likeness (QED) is 0.874. The number of aromatic nitrogens is 2. The highest BCUT2D eigenvalue weighted by Gasteiger charge is 2.26. The molecule has 1 fully saturated rings. The maximum atomic E-state index is 4.54. The molecular formula is C17H27Cl2N5. The van der Waals surface area contributed by atoms with Crippen molar-refractivity contribution >= 4 is 30.5 Å². The number of imidazole rings is 1. The van der Waals surface area contributed by atoms with E-state index in [9.17, 15) is 0 Å². The summed E-state index contributed by atoms with van der Waals surface area (Å²) in [5.41, 5.74) is 1.27. The third kappa shape index (κ3) is 4.86. The van der Waals surface area contributed by atoms with Crippen LogP contribution in [0.4, 0.5) is 5.69 Å². The molecule has 2 aromatic rings. The lowest BCUT2D eigenvalue weighted by Crippen LogP contribution is -2.48. The van der Waals surface area contributed by atoms with Crippen LogP contribution in [0.5, 0.6) is 0 Å². The Balaban J connectivity index is 0.00000144. The van der Waals surface area contributed by atoms with Gasteiger partial charge in [0.1, 0.15) is 5.82 Å². The van der Waals surface area contributed by atoms with Gasteiger partial charge in [0.15, 0.2) is 0 Å². The molecule has 134 valence electrons. The lowest BCUT2D eigenvalue weighted by Gasteiger charge is -2.36. The fourth-order valence-corrected chi connectivity index (χ4v) is 3.06. The second kappa shape index (κ2) is 9.89. The van der Waals surface area contributed by atoms with Crippen LogP contribution in [-0.2, 0) is 7.05 Å². The number of rotatable bonds is 5. The minimum Gasteiger partial charge on any atom is -0.373 e. The Morgan fingerprint density at radius 1 is 1.25 bits per heavy atom. The van der Waals surface area contributed by atoms with Crippen LogP contribution in [0, 0.1) is 0 Å². The minimum absolute atomic E-state index is 0. The molecule has 1 aromatic heterocycles. The van der Waals surface area contributed by atoms with Crippen molar-refractivity contribution in [1.82, 2.24) is 19.8 Å². The summed E-state index contributed by atoms with van der Waals surface area (Å²) in [4.78, 5) is 9.40. The maximum Gasteiger partial charge on any atom is 0.127 e. The molecule has 24 heavy (non-hydrogen) atoms. The first-order chi connectivity index (χ1) is 10.8. The first-order valence-corrected chi connectivity index (χ1v) is 7.94. The van der Waals surface area contributed by atoms with E-state index in [-0.39, 0.29) is 24.8 Å². The highest BCUT2D eigenvalue weighted by atomic mass is 35.5. The van der Waals surface area contributed by atoms with Gasteiger partial charge in [-0.3, -0.25) is 4.90 Å². The minimum atomic E-state index is 0. The first kappa shape index (κ1) is 20.8. The Labute approximate surface area is 156 Å². The molecule has 0 radical (unpaired) electrons. The fraction of sp³-hybridized carbons (Fsp3) is 0.471. The van der Waals surface area contributed by atoms with Gasteiger partial charge >= 0.3 is 0 Å². The second-order valence-electron chi connectivity index (χ2n) is 5.91. The fourth-order valence-electron chi connectivity index (χ4n) is 3.06. The topological polar surface area (TPSA) is 36.3 Å². The zero-order valence-corrected chi connectivity index (χ0v) is 15.9. The van der Waals surface area contributed by atoms with Gasteiger partial charge in [-0.05, 0) is 12.1 Å². The Kier molecular flexibility index (Phi) is 8.56. The molecule has 3 rings (SSSR count). The molecule has 1 unspecified atom stereocenters. The Bertz CT molecular complexity index is 590. The van der Waals surface area contributed by atoms with Gasteiger partial charge in [0.2, 0.25) is 0 Å². The SMILES string of the molecule is CN(CCN1CCNCC1c1nccn1C)c1ccccc1.Cl.Cl. The van der Waals surface area contributed by atoms with E-state index in [1.165, 1.54) is 5.69 Å². The zero-order chi connectivity index (χ0) is 15.4. The van der Waals surface area contributed by atoms with Gasteiger partial charge in [-0.15, -0.1) is 24.8 Å². The zero-order valence-electron chi connectivity index (χ0n) is 14.3. The van der Waals surface area contributed by atoms with Crippen LogP contribution >= 0.6 is 24.8 Å². The second-order valence-corrected chi connectivity index (χ2v) is 5.91. The van der Waals surface area contributed by atoms with Gasteiger partial charge in [0, 0.05) is 64.9 Å². The van der Waals surface area contributed by atoms with Gasteiger partial charge in [0.25, 0.3) is 0 Å². The van der Waals surface area contributed by atoms with Crippen molar-refractivity contribution in [3.63, 3.8) is 0 Å². The van der Waals surface area contributed by atoms with Gasteiger partial charge in [-0.1, -0.05) is 18.2 Å². The van der Waals surface area contributed by atoms with Crippen molar-refractivity contribution < 1.29 is 0 Å². The van der Waals surface area contributed by atoms with E-state index >= 15 is 0 Å². The van der Waals surface area contributed by atoms with E-state index in [1.54, 1.807) is 0 Å². The number of benzene rings is 1. The van der Waals surface area contributed by atoms with Crippen LogP contribution in [-0.4, -0.2) is 54.2 Å². The van der Waals surface area contributed by atoms with Crippen LogP contribution in [0.1, 0.15) is 11.9 Å². The van der Waals surface area contributed by atoms with E-state index in [2.05, 4.69) is 69.1 Å². The van der Waals surface area contributed by atoms with Gasteiger partial charge in [-0.2, -0.15) is 0 Å². The van der Waals surface area contributed by atoms with Crippen molar-refractivity contribution in [3.05, 3.63) is 48.5 Å². The van der Waals surface area contributed by atoms with Crippen LogP contribution in [0.15, 0.2) is 42.7 Å². The molecule has 0 bridgehead atoms. The van der Waals surface area contributed by atoms with E-state index in [0.717, 1.165) is 38.5 Å². The number of nitrogens with zero attached hydrogens (tertiary/aromatic N) is 4. The number of piperazine rings is 1. The maximum absolute atomic E-state index is 4.54. The molecule has 5 nitrogen and oxygen atoms in total. The highest BCUT2D eigenvalue weighted by molar-refractivity contribution is 5.85. The summed E-state index contributed by atoms with van der Waals surface area (Å²) < 4.78 is 2.13. The number of hydrogen-bond acceptors (Lipinski definition) is 4. The standard InChI is InChI=1S/C17H25N5.2ClH/c1-20(15-6-4-3-5-7-15)12-13-22-11-8-18-14-16(22)17-19-9-10-21(17)2;;/h3-7,9-10,16,18H,8,11-14H2,1-2H3;2*1H. The Morgan fingerprint density at radius 3 is 2.67 bits per heavy atom. The average molecular weight is 372 g/mol. The van der Waals surface area contributed by atoms with Crippen molar-refractivity contribution in [2.45, 2.75) is 6.04 Å². The molecule has 0 saturated carbocycles. The third-order valence-corrected chi connectivity index (χ3v) is 4.43. The van der Waals surface area contributed by atoms with Crippen molar-refractivity contribution in [2.75, 3.05) is 44.7 Å². The summed E-state index contributed by atoms with van der Waals surface area (Å²) in [6.45, 7) is 5.16. The number of likely N-dealkylation sites (N-methyl/N-ethyl adjacent to an activating group) is 1. The Hall–Kier alpha value is -1.27. The number of para-hydroxylation sites is 1. The summed E-state index contributed by atoms with van der Waals surface area (Å²) in [6.07, 6.45) is 3.91. The third-order valence-electron chi connectivity index (χ3n) is 4.43. The summed E-state index contributed by atoms with van der Waals surface area (Å²) in [5.74, 6) is 1.15. The predicted molar refractivity (Wildman–Crippen MR) is 105 cm³/mol. The van der Waals surface area contributed by atoms with E-state index in [0.29, 0.717) is 6.04 Å². The molecule has 0 aliphatic carbocycles. The molecule has 1 saturated heterocycles. The summed E-state index contributed by atoms with van der Waals surface area (Å²) in [6, 6.07) is 10.9. The smallest absolute Gasteiger partial charge is 0.127 e. The van der Waals surface area contributed by atoms with Gasteiger partial charge < -0.3 is 14.8 Å². The van der Waals surface area contributed by atoms with Crippen molar-refractivity contribution in [2.24, 2.45) is 7.05 Å². The molecule has 1 aromatic carbocycles. The lowest BCUT2D eigenvalue weighted by atomic mass is 10.1. The van der Waals surface area contributed by atoms with Crippen LogP contribution in [0.25, 0.3) is 0 Å². The van der Waals surface area contributed by atoms with Gasteiger partial charge in [0.05, 0.1) is 6.04 Å². The molecule has 0 spiro atoms. The normalized spacial score (nSPS) is 17.7. The van der Waals surface area contributed by atoms with E-state index in [4.69, 9.17) is 0 Å². The number of hydrogen-bond donors (Lipinski definition) is 1. The Morgan fingerprint density at radius 2 is 2.00 bits per heavy atom. The molecule has 2 heterocycles. The molecule has 7 heteroatoms. The van der Waals surface area contributed by atoms with Crippen molar-refractivity contribution in [3.8, 4) is 0 Å². The molecule has 1 N–H and O–H groups in total. The molecular weight excluding hydrogens is 345 g/mol. The molecule has 1 aliphatic rings.